The molecule has 8 heteroatoms. The Labute approximate surface area is 99.7 Å². The Kier molecular flexibility index (Phi) is 4.35. The topological polar surface area (TPSA) is 52.6 Å². The molecular formula is C9H11F3N2O2S. The largest absolute Gasteiger partial charge is 0.416 e. The molecule has 1 heterocycles. The lowest BCUT2D eigenvalue weighted by Crippen LogP contribution is -2.43. The van der Waals surface area contributed by atoms with Crippen molar-refractivity contribution >= 4 is 23.1 Å². The van der Waals surface area contributed by atoms with Gasteiger partial charge in [-0.25, -0.2) is 4.79 Å². The Morgan fingerprint density at radius 2 is 2.29 bits per heavy atom. The number of nitrogens with one attached hydrogen (secondary N) is 1. The van der Waals surface area contributed by atoms with Crippen LogP contribution >= 0.6 is 11.3 Å². The van der Waals surface area contributed by atoms with Crippen molar-refractivity contribution in [2.45, 2.75) is 12.3 Å². The molecule has 1 atom stereocenters. The lowest BCUT2D eigenvalue weighted by molar-refractivity contribution is -0.205. The Morgan fingerprint density at radius 1 is 1.65 bits per heavy atom. The van der Waals surface area contributed by atoms with Gasteiger partial charge < -0.3 is 15.3 Å². The molecule has 0 aromatic carbocycles. The molecule has 0 fully saturated rings. The molecule has 0 spiro atoms. The molecule has 0 saturated heterocycles. The molecule has 96 valence electrons. The third kappa shape index (κ3) is 4.23. The number of amides is 2. The van der Waals surface area contributed by atoms with Gasteiger partial charge in [0.25, 0.3) is 0 Å². The third-order valence-corrected chi connectivity index (χ3v) is 2.63. The monoisotopic (exact) mass is 268 g/mol. The molecule has 1 aromatic heterocycles. The van der Waals surface area contributed by atoms with Gasteiger partial charge in [0.1, 0.15) is 0 Å². The van der Waals surface area contributed by atoms with Gasteiger partial charge in [0.05, 0.1) is 12.2 Å². The summed E-state index contributed by atoms with van der Waals surface area (Å²) in [6.45, 7) is -0.806. The molecule has 1 aromatic rings. The van der Waals surface area contributed by atoms with Crippen LogP contribution < -0.4 is 5.32 Å². The van der Waals surface area contributed by atoms with Crippen molar-refractivity contribution in [1.29, 1.82) is 0 Å². The number of thiophene rings is 1. The van der Waals surface area contributed by atoms with E-state index in [1.165, 1.54) is 18.4 Å². The van der Waals surface area contributed by atoms with Crippen LogP contribution in [0.4, 0.5) is 23.7 Å². The number of hydrogen-bond acceptors (Lipinski definition) is 3. The van der Waals surface area contributed by atoms with Crippen molar-refractivity contribution in [2.24, 2.45) is 0 Å². The molecule has 1 rings (SSSR count). The van der Waals surface area contributed by atoms with Gasteiger partial charge in [-0.05, 0) is 11.4 Å². The quantitative estimate of drug-likeness (QED) is 0.882. The number of aliphatic hydroxyl groups is 1. The summed E-state index contributed by atoms with van der Waals surface area (Å²) >= 11 is 1.35. The van der Waals surface area contributed by atoms with E-state index in [4.69, 9.17) is 5.11 Å². The molecule has 0 bridgehead atoms. The highest BCUT2D eigenvalue weighted by molar-refractivity contribution is 7.08. The zero-order chi connectivity index (χ0) is 13.1. The maximum absolute atomic E-state index is 12.0. The first-order valence-electron chi connectivity index (χ1n) is 4.60. The molecule has 4 nitrogen and oxygen atoms in total. The van der Waals surface area contributed by atoms with Gasteiger partial charge in [0, 0.05) is 12.4 Å². The maximum Gasteiger partial charge on any atom is 0.416 e. The van der Waals surface area contributed by atoms with Gasteiger partial charge in [-0.15, -0.1) is 0 Å². The smallest absolute Gasteiger partial charge is 0.382 e. The number of carbonyl (C=O) groups excluding carboxylic acids is 1. The number of anilines is 1. The molecule has 0 aliphatic rings. The van der Waals surface area contributed by atoms with Crippen LogP contribution in [0.15, 0.2) is 16.8 Å². The number of halogens is 3. The van der Waals surface area contributed by atoms with Crippen molar-refractivity contribution in [3.63, 3.8) is 0 Å². The molecule has 0 aliphatic heterocycles. The van der Waals surface area contributed by atoms with Crippen molar-refractivity contribution in [2.75, 3.05) is 18.9 Å². The lowest BCUT2D eigenvalue weighted by Gasteiger charge is -2.22. The zero-order valence-corrected chi connectivity index (χ0v) is 9.68. The van der Waals surface area contributed by atoms with Crippen molar-refractivity contribution in [1.82, 2.24) is 4.90 Å². The molecule has 0 saturated carbocycles. The normalized spacial score (nSPS) is 13.2. The molecular weight excluding hydrogens is 257 g/mol. The third-order valence-electron chi connectivity index (χ3n) is 1.94. The summed E-state index contributed by atoms with van der Waals surface area (Å²) < 4.78 is 36.1. The number of rotatable bonds is 3. The van der Waals surface area contributed by atoms with Gasteiger partial charge in [-0.2, -0.15) is 24.5 Å². The van der Waals surface area contributed by atoms with Gasteiger partial charge in [-0.3, -0.25) is 0 Å². The van der Waals surface area contributed by atoms with Crippen LogP contribution in [-0.4, -0.2) is 41.9 Å². The summed E-state index contributed by atoms with van der Waals surface area (Å²) in [5.74, 6) is 0. The molecule has 2 amide bonds. The predicted octanol–water partition coefficient (Wildman–Crippen LogP) is 2.13. The van der Waals surface area contributed by atoms with Crippen LogP contribution in [0.2, 0.25) is 0 Å². The van der Waals surface area contributed by atoms with Crippen molar-refractivity contribution in [3.05, 3.63) is 16.8 Å². The minimum atomic E-state index is -4.73. The fourth-order valence-corrected chi connectivity index (χ4v) is 1.59. The number of hydrogen-bond donors (Lipinski definition) is 2. The summed E-state index contributed by atoms with van der Waals surface area (Å²) in [7, 11) is 1.18. The molecule has 1 unspecified atom stereocenters. The fourth-order valence-electron chi connectivity index (χ4n) is 1.00. The van der Waals surface area contributed by atoms with E-state index in [1.54, 1.807) is 16.8 Å². The fraction of sp³-hybridized carbons (Fsp3) is 0.444. The average Bonchev–Trinajstić information content (AvgIpc) is 2.68. The summed E-state index contributed by atoms with van der Waals surface area (Å²) in [5.41, 5.74) is 0.508. The van der Waals surface area contributed by atoms with Gasteiger partial charge in [0.15, 0.2) is 6.10 Å². The van der Waals surface area contributed by atoms with Gasteiger partial charge >= 0.3 is 12.2 Å². The van der Waals surface area contributed by atoms with E-state index >= 15 is 0 Å². The first-order chi connectivity index (χ1) is 7.80. The number of carbonyl (C=O) groups is 1. The number of alkyl halides is 3. The zero-order valence-electron chi connectivity index (χ0n) is 8.86. The summed E-state index contributed by atoms with van der Waals surface area (Å²) in [6, 6.07) is 0.919. The van der Waals surface area contributed by atoms with Crippen LogP contribution in [-0.2, 0) is 0 Å². The highest BCUT2D eigenvalue weighted by atomic mass is 32.1. The second-order valence-electron chi connectivity index (χ2n) is 3.38. The number of likely N-dealkylation sites (N-methyl/N-ethyl adjacent to an activating group) is 1. The predicted molar refractivity (Wildman–Crippen MR) is 58.0 cm³/mol. The first kappa shape index (κ1) is 13.8. The van der Waals surface area contributed by atoms with E-state index in [0.717, 1.165) is 4.90 Å². The highest BCUT2D eigenvalue weighted by Gasteiger charge is 2.39. The molecule has 0 aliphatic carbocycles. The van der Waals surface area contributed by atoms with E-state index in [2.05, 4.69) is 5.32 Å². The van der Waals surface area contributed by atoms with Crippen LogP contribution in [0.25, 0.3) is 0 Å². The Hall–Kier alpha value is -1.28. The maximum atomic E-state index is 12.0. The van der Waals surface area contributed by atoms with Crippen molar-refractivity contribution < 1.29 is 23.1 Å². The first-order valence-corrected chi connectivity index (χ1v) is 5.54. The van der Waals surface area contributed by atoms with E-state index in [9.17, 15) is 18.0 Å². The van der Waals surface area contributed by atoms with Crippen LogP contribution in [0.3, 0.4) is 0 Å². The number of urea groups is 1. The van der Waals surface area contributed by atoms with Crippen LogP contribution in [0.5, 0.6) is 0 Å². The highest BCUT2D eigenvalue weighted by Crippen LogP contribution is 2.20. The second kappa shape index (κ2) is 5.37. The van der Waals surface area contributed by atoms with Gasteiger partial charge in [0.2, 0.25) is 0 Å². The Balaban J connectivity index is 2.47. The summed E-state index contributed by atoms with van der Waals surface area (Å²) in [5, 5.41) is 14.6. The number of aliphatic hydroxyl groups excluding tert-OH is 1. The second-order valence-corrected chi connectivity index (χ2v) is 4.16. The average molecular weight is 268 g/mol. The van der Waals surface area contributed by atoms with E-state index in [-0.39, 0.29) is 0 Å². The van der Waals surface area contributed by atoms with E-state index in [0.29, 0.717) is 5.69 Å². The number of nitrogens with zero attached hydrogens (tertiary/aromatic N) is 1. The van der Waals surface area contributed by atoms with Crippen LogP contribution in [0.1, 0.15) is 0 Å². The minimum absolute atomic E-state index is 0.508. The van der Waals surface area contributed by atoms with E-state index in [1.807, 2.05) is 0 Å². The molecule has 17 heavy (non-hydrogen) atoms. The van der Waals surface area contributed by atoms with E-state index < -0.39 is 24.9 Å². The summed E-state index contributed by atoms with van der Waals surface area (Å²) in [6.07, 6.45) is -7.27. The standard InChI is InChI=1S/C9H11F3N2O2S/c1-14(4-7(15)9(10,11)12)8(16)13-6-2-3-17-5-6/h2-3,5,7,15H,4H2,1H3,(H,13,16). The lowest BCUT2D eigenvalue weighted by atomic mass is 10.3. The SMILES string of the molecule is CN(CC(O)C(F)(F)F)C(=O)Nc1ccsc1. The van der Waals surface area contributed by atoms with Gasteiger partial charge in [-0.1, -0.05) is 0 Å². The molecule has 0 radical (unpaired) electrons. The summed E-state index contributed by atoms with van der Waals surface area (Å²) in [4.78, 5) is 12.2. The Bertz CT molecular complexity index is 367. The minimum Gasteiger partial charge on any atom is -0.382 e. The Morgan fingerprint density at radius 3 is 2.76 bits per heavy atom. The van der Waals surface area contributed by atoms with Crippen LogP contribution in [0, 0.1) is 0 Å². The van der Waals surface area contributed by atoms with Crippen molar-refractivity contribution in [3.8, 4) is 0 Å². The molecule has 2 N–H and O–H groups in total.